The quantitative estimate of drug-likeness (QED) is 0.507. The molecule has 0 fully saturated rings. The highest BCUT2D eigenvalue weighted by molar-refractivity contribution is 5.80. The second kappa shape index (κ2) is 8.32. The van der Waals surface area contributed by atoms with Crippen molar-refractivity contribution in [3.8, 4) is 22.5 Å². The number of rotatable bonds is 6. The maximum Gasteiger partial charge on any atom is 0.439 e. The van der Waals surface area contributed by atoms with Crippen molar-refractivity contribution in [2.24, 2.45) is 0 Å². The minimum atomic E-state index is -0.573. The lowest BCUT2D eigenvalue weighted by Crippen LogP contribution is -2.08. The van der Waals surface area contributed by atoms with Crippen molar-refractivity contribution in [1.29, 1.82) is 0 Å². The van der Waals surface area contributed by atoms with Crippen molar-refractivity contribution in [2.75, 3.05) is 5.73 Å². The van der Waals surface area contributed by atoms with E-state index in [1.807, 2.05) is 31.2 Å². The molecule has 0 aliphatic carbocycles. The van der Waals surface area contributed by atoms with Gasteiger partial charge in [0.2, 0.25) is 0 Å². The highest BCUT2D eigenvalue weighted by Gasteiger charge is 2.13. The Morgan fingerprint density at radius 2 is 1.77 bits per heavy atom. The number of benzene rings is 2. The largest absolute Gasteiger partial charge is 0.439 e. The van der Waals surface area contributed by atoms with E-state index >= 15 is 0 Å². The van der Waals surface area contributed by atoms with E-state index in [0.717, 1.165) is 46.4 Å². The number of hydrogen-bond donors (Lipinski definition) is 2. The summed E-state index contributed by atoms with van der Waals surface area (Å²) < 4.78 is 4.66. The predicted octanol–water partition coefficient (Wildman–Crippen LogP) is 3.92. The molecule has 7 heteroatoms. The monoisotopic (exact) mass is 401 g/mol. The average Bonchev–Trinajstić information content (AvgIpc) is 3.17. The number of aromatic nitrogens is 4. The molecule has 2 aromatic heterocycles. The first-order valence-electron chi connectivity index (χ1n) is 9.91. The van der Waals surface area contributed by atoms with Crippen LogP contribution in [-0.2, 0) is 12.8 Å². The lowest BCUT2D eigenvalue weighted by molar-refractivity contribution is 0.388. The van der Waals surface area contributed by atoms with Gasteiger partial charge in [0, 0.05) is 23.2 Å². The van der Waals surface area contributed by atoms with E-state index in [1.165, 1.54) is 0 Å². The molecular weight excluding hydrogens is 378 g/mol. The Bertz CT molecular complexity index is 1230. The van der Waals surface area contributed by atoms with Crippen LogP contribution < -0.4 is 11.5 Å². The van der Waals surface area contributed by atoms with E-state index in [0.29, 0.717) is 23.9 Å². The molecule has 4 aromatic rings. The molecule has 0 bridgehead atoms. The zero-order valence-electron chi connectivity index (χ0n) is 17.0. The van der Waals surface area contributed by atoms with Gasteiger partial charge < -0.3 is 5.73 Å². The Kier molecular flexibility index (Phi) is 5.43. The van der Waals surface area contributed by atoms with Crippen LogP contribution in [0, 0.1) is 6.92 Å². The lowest BCUT2D eigenvalue weighted by Gasteiger charge is -2.12. The molecular formula is C23H23N5O2. The number of nitrogens with zero attached hydrogens (tertiary/aromatic N) is 3. The molecule has 152 valence electrons. The van der Waals surface area contributed by atoms with Crippen molar-refractivity contribution >= 4 is 5.82 Å². The minimum Gasteiger partial charge on any atom is -0.383 e. The number of hydrogen-bond acceptors (Lipinski definition) is 6. The molecule has 30 heavy (non-hydrogen) atoms. The van der Waals surface area contributed by atoms with Crippen molar-refractivity contribution < 1.29 is 4.52 Å². The molecule has 0 saturated heterocycles. The number of aromatic amines is 1. The van der Waals surface area contributed by atoms with Crippen molar-refractivity contribution in [3.05, 3.63) is 81.7 Å². The standard InChI is InChI=1S/C23H23N5O2/c1-3-6-20-19(21(24)26-14(2)25-20)13-15-9-11-16(12-10-15)17-7-4-5-8-18(17)22-27-23(29)30-28-22/h4-5,7-12H,3,6,13H2,1-2H3,(H2,24,25,26)(H,27,28,29). The molecule has 0 amide bonds. The highest BCUT2D eigenvalue weighted by Crippen LogP contribution is 2.30. The Labute approximate surface area is 174 Å². The van der Waals surface area contributed by atoms with Gasteiger partial charge in [-0.2, -0.15) is 0 Å². The van der Waals surface area contributed by atoms with Crippen molar-refractivity contribution in [2.45, 2.75) is 33.1 Å². The number of anilines is 1. The van der Waals surface area contributed by atoms with Crippen LogP contribution in [-0.4, -0.2) is 20.1 Å². The summed E-state index contributed by atoms with van der Waals surface area (Å²) in [6, 6.07) is 16.0. The first-order valence-corrected chi connectivity index (χ1v) is 9.91. The zero-order valence-corrected chi connectivity index (χ0v) is 17.0. The third-order valence-electron chi connectivity index (χ3n) is 4.99. The van der Waals surface area contributed by atoms with Gasteiger partial charge in [0.15, 0.2) is 5.82 Å². The fourth-order valence-corrected chi connectivity index (χ4v) is 3.61. The molecule has 0 aliphatic heterocycles. The maximum atomic E-state index is 11.3. The first kappa shape index (κ1) is 19.6. The van der Waals surface area contributed by atoms with Gasteiger partial charge >= 0.3 is 5.76 Å². The molecule has 2 aromatic carbocycles. The second-order valence-corrected chi connectivity index (χ2v) is 7.19. The lowest BCUT2D eigenvalue weighted by atomic mass is 9.96. The van der Waals surface area contributed by atoms with E-state index in [9.17, 15) is 4.79 Å². The summed E-state index contributed by atoms with van der Waals surface area (Å²) in [4.78, 5) is 22.9. The van der Waals surface area contributed by atoms with Crippen LogP contribution in [0.1, 0.15) is 36.0 Å². The third kappa shape index (κ3) is 4.00. The van der Waals surface area contributed by atoms with Gasteiger partial charge in [-0.1, -0.05) is 67.0 Å². The number of nitrogens with two attached hydrogens (primary N) is 1. The maximum absolute atomic E-state index is 11.3. The normalized spacial score (nSPS) is 11.0. The van der Waals surface area contributed by atoms with Gasteiger partial charge in [-0.25, -0.2) is 14.8 Å². The summed E-state index contributed by atoms with van der Waals surface area (Å²) in [5.41, 5.74) is 12.1. The molecule has 3 N–H and O–H groups in total. The summed E-state index contributed by atoms with van der Waals surface area (Å²) in [5.74, 6) is 1.09. The van der Waals surface area contributed by atoms with E-state index in [2.05, 4.69) is 55.8 Å². The predicted molar refractivity (Wildman–Crippen MR) is 116 cm³/mol. The number of nitrogens with one attached hydrogen (secondary N) is 1. The molecule has 0 spiro atoms. The van der Waals surface area contributed by atoms with Crippen LogP contribution in [0.3, 0.4) is 0 Å². The van der Waals surface area contributed by atoms with Gasteiger partial charge in [0.1, 0.15) is 11.6 Å². The number of nitrogen functional groups attached to an aromatic ring is 1. The summed E-state index contributed by atoms with van der Waals surface area (Å²) >= 11 is 0. The zero-order chi connectivity index (χ0) is 21.1. The molecule has 4 rings (SSSR count). The SMILES string of the molecule is CCCc1nc(C)nc(N)c1Cc1ccc(-c2ccccc2-c2noc(=O)[nH]2)cc1. The Balaban J connectivity index is 1.65. The smallest absolute Gasteiger partial charge is 0.383 e. The van der Waals surface area contributed by atoms with Crippen molar-refractivity contribution in [1.82, 2.24) is 20.1 Å². The fraction of sp³-hybridized carbons (Fsp3) is 0.217. The summed E-state index contributed by atoms with van der Waals surface area (Å²) in [7, 11) is 0. The van der Waals surface area contributed by atoms with Crippen LogP contribution in [0.25, 0.3) is 22.5 Å². The van der Waals surface area contributed by atoms with E-state index < -0.39 is 5.76 Å². The summed E-state index contributed by atoms with van der Waals surface area (Å²) in [6.07, 6.45) is 2.56. The van der Waals surface area contributed by atoms with Crippen LogP contribution in [0.5, 0.6) is 0 Å². The van der Waals surface area contributed by atoms with Gasteiger partial charge in [-0.05, 0) is 30.0 Å². The van der Waals surface area contributed by atoms with Crippen molar-refractivity contribution in [3.63, 3.8) is 0 Å². The molecule has 0 unspecified atom stereocenters. The number of aryl methyl sites for hydroxylation is 2. The van der Waals surface area contributed by atoms with Crippen LogP contribution in [0.4, 0.5) is 5.82 Å². The van der Waals surface area contributed by atoms with E-state index in [-0.39, 0.29) is 0 Å². The Hall–Kier alpha value is -3.74. The highest BCUT2D eigenvalue weighted by atomic mass is 16.5. The van der Waals surface area contributed by atoms with E-state index in [4.69, 9.17) is 5.73 Å². The van der Waals surface area contributed by atoms with Gasteiger partial charge in [0.25, 0.3) is 0 Å². The van der Waals surface area contributed by atoms with Crippen LogP contribution in [0.15, 0.2) is 57.8 Å². The Morgan fingerprint density at radius 3 is 2.43 bits per heavy atom. The topological polar surface area (TPSA) is 111 Å². The molecule has 0 saturated carbocycles. The molecule has 0 radical (unpaired) electrons. The average molecular weight is 401 g/mol. The molecule has 0 aliphatic rings. The second-order valence-electron chi connectivity index (χ2n) is 7.19. The molecule has 7 nitrogen and oxygen atoms in total. The summed E-state index contributed by atoms with van der Waals surface area (Å²) in [6.45, 7) is 4.00. The summed E-state index contributed by atoms with van der Waals surface area (Å²) in [5, 5.41) is 3.82. The van der Waals surface area contributed by atoms with Crippen LogP contribution >= 0.6 is 0 Å². The molecule has 0 atom stereocenters. The van der Waals surface area contributed by atoms with Crippen LogP contribution in [0.2, 0.25) is 0 Å². The Morgan fingerprint density at radius 1 is 1.03 bits per heavy atom. The van der Waals surface area contributed by atoms with E-state index in [1.54, 1.807) is 0 Å². The molecule has 2 heterocycles. The van der Waals surface area contributed by atoms with Gasteiger partial charge in [0.05, 0.1) is 0 Å². The minimum absolute atomic E-state index is 0.411. The third-order valence-corrected chi connectivity index (χ3v) is 4.99. The van der Waals surface area contributed by atoms with Gasteiger partial charge in [-0.3, -0.25) is 9.51 Å². The number of H-pyrrole nitrogens is 1. The first-order chi connectivity index (χ1) is 14.5. The fourth-order valence-electron chi connectivity index (χ4n) is 3.61. The van der Waals surface area contributed by atoms with Gasteiger partial charge in [-0.15, -0.1) is 0 Å².